The first-order chi connectivity index (χ1) is 15.8. The summed E-state index contributed by atoms with van der Waals surface area (Å²) in [6.45, 7) is 8.78. The van der Waals surface area contributed by atoms with Crippen LogP contribution in [0, 0.1) is 5.92 Å². The topological polar surface area (TPSA) is 24.9 Å². The number of fused-ring (bicyclic) bond motifs is 2. The minimum Gasteiger partial charge on any atom is -0.372 e. The molecule has 0 radical (unpaired) electrons. The molecule has 2 aromatic heterocycles. The van der Waals surface area contributed by atoms with E-state index in [1.54, 1.807) is 9.75 Å². The third kappa shape index (κ3) is 4.47. The lowest BCUT2D eigenvalue weighted by Gasteiger charge is -2.37. The van der Waals surface area contributed by atoms with Crippen LogP contribution in [0.2, 0.25) is 0 Å². The molecule has 0 amide bonds. The van der Waals surface area contributed by atoms with Crippen LogP contribution in [0.1, 0.15) is 71.1 Å². The number of ether oxygens (including phenoxy) is 2. The van der Waals surface area contributed by atoms with Crippen LogP contribution in [0.5, 0.6) is 0 Å². The van der Waals surface area contributed by atoms with Crippen molar-refractivity contribution in [2.45, 2.75) is 56.7 Å². The smallest absolute Gasteiger partial charge is 0.0962 e. The van der Waals surface area contributed by atoms with Crippen LogP contribution >= 0.6 is 22.7 Å². The molecule has 2 aromatic rings. The Morgan fingerprint density at radius 1 is 0.844 bits per heavy atom. The van der Waals surface area contributed by atoms with Crippen molar-refractivity contribution in [3.8, 4) is 0 Å². The van der Waals surface area contributed by atoms with Gasteiger partial charge in [-0.1, -0.05) is 6.42 Å². The van der Waals surface area contributed by atoms with Gasteiger partial charge in [-0.3, -0.25) is 0 Å². The normalized spacial score (nSPS) is 31.9. The second-order valence-electron chi connectivity index (χ2n) is 10.1. The van der Waals surface area contributed by atoms with Gasteiger partial charge >= 0.3 is 0 Å². The van der Waals surface area contributed by atoms with Gasteiger partial charge in [0.1, 0.15) is 0 Å². The molecule has 4 atom stereocenters. The number of likely N-dealkylation sites (tertiary alicyclic amines) is 2. The van der Waals surface area contributed by atoms with E-state index < -0.39 is 0 Å². The second kappa shape index (κ2) is 9.85. The highest BCUT2D eigenvalue weighted by molar-refractivity contribution is 7.10. The zero-order valence-electron chi connectivity index (χ0n) is 19.0. The summed E-state index contributed by atoms with van der Waals surface area (Å²) in [5, 5.41) is 4.56. The lowest BCUT2D eigenvalue weighted by atomic mass is 9.84. The highest BCUT2D eigenvalue weighted by Gasteiger charge is 2.37. The second-order valence-corrected chi connectivity index (χ2v) is 12.0. The van der Waals surface area contributed by atoms with E-state index in [0.717, 1.165) is 32.7 Å². The average molecular weight is 473 g/mol. The fraction of sp³-hybridized carbons (Fsp3) is 0.692. The third-order valence-corrected chi connectivity index (χ3v) is 10.1. The summed E-state index contributed by atoms with van der Waals surface area (Å²) >= 11 is 3.89. The van der Waals surface area contributed by atoms with E-state index in [1.165, 1.54) is 69.4 Å². The lowest BCUT2D eigenvalue weighted by molar-refractivity contribution is -0.00791. The molecule has 0 spiro atoms. The van der Waals surface area contributed by atoms with E-state index in [2.05, 4.69) is 32.7 Å². The third-order valence-electron chi connectivity index (χ3n) is 8.07. The molecular weight excluding hydrogens is 436 g/mol. The zero-order valence-corrected chi connectivity index (χ0v) is 20.7. The monoisotopic (exact) mass is 472 g/mol. The number of nitrogens with zero attached hydrogens (tertiary/aromatic N) is 2. The van der Waals surface area contributed by atoms with E-state index in [-0.39, 0.29) is 12.2 Å². The first-order valence-corrected chi connectivity index (χ1v) is 14.4. The molecule has 2 fully saturated rings. The molecule has 174 valence electrons. The van der Waals surface area contributed by atoms with Gasteiger partial charge in [0.25, 0.3) is 0 Å². The maximum Gasteiger partial charge on any atom is 0.0962 e. The number of hydrogen-bond donors (Lipinski definition) is 0. The highest BCUT2D eigenvalue weighted by Crippen LogP contribution is 2.44. The summed E-state index contributed by atoms with van der Waals surface area (Å²) in [5.41, 5.74) is 2.95. The van der Waals surface area contributed by atoms with Gasteiger partial charge in [-0.05, 0) is 85.3 Å². The fourth-order valence-electron chi connectivity index (χ4n) is 6.34. The van der Waals surface area contributed by atoms with Gasteiger partial charge in [0.15, 0.2) is 0 Å². The van der Waals surface area contributed by atoms with Crippen molar-refractivity contribution in [2.24, 2.45) is 5.92 Å². The highest BCUT2D eigenvalue weighted by atomic mass is 32.1. The van der Waals surface area contributed by atoms with Crippen LogP contribution in [-0.4, -0.2) is 62.3 Å². The molecular formula is C26H36N2O2S2. The van der Waals surface area contributed by atoms with Crippen LogP contribution in [0.15, 0.2) is 22.9 Å². The van der Waals surface area contributed by atoms with Crippen molar-refractivity contribution in [1.82, 2.24) is 9.80 Å². The molecule has 4 nitrogen and oxygen atoms in total. The largest absolute Gasteiger partial charge is 0.372 e. The number of hydrogen-bond acceptors (Lipinski definition) is 6. The molecule has 0 aliphatic carbocycles. The zero-order chi connectivity index (χ0) is 21.3. The molecule has 2 saturated heterocycles. The van der Waals surface area contributed by atoms with Gasteiger partial charge in [0, 0.05) is 41.7 Å². The Morgan fingerprint density at radius 3 is 2.53 bits per heavy atom. The van der Waals surface area contributed by atoms with Crippen molar-refractivity contribution in [2.75, 3.05) is 52.5 Å². The predicted molar refractivity (Wildman–Crippen MR) is 132 cm³/mol. The molecule has 4 aliphatic heterocycles. The first kappa shape index (κ1) is 21.8. The van der Waals surface area contributed by atoms with Crippen molar-refractivity contribution < 1.29 is 9.47 Å². The number of thiophene rings is 2. The number of rotatable bonds is 5. The molecule has 0 bridgehead atoms. The van der Waals surface area contributed by atoms with Gasteiger partial charge in [0.2, 0.25) is 0 Å². The fourth-order valence-corrected chi connectivity index (χ4v) is 8.39. The maximum absolute atomic E-state index is 6.58. The summed E-state index contributed by atoms with van der Waals surface area (Å²) in [6, 6.07) is 4.65. The predicted octanol–water partition coefficient (Wildman–Crippen LogP) is 5.48. The van der Waals surface area contributed by atoms with Crippen molar-refractivity contribution in [3.63, 3.8) is 0 Å². The Bertz CT molecular complexity index is 890. The minimum atomic E-state index is 0.258. The van der Waals surface area contributed by atoms with Crippen LogP contribution in [0.25, 0.3) is 0 Å². The Balaban J connectivity index is 1.15. The molecule has 6 rings (SSSR count). The molecule has 0 saturated carbocycles. The van der Waals surface area contributed by atoms with E-state index in [9.17, 15) is 0 Å². The summed E-state index contributed by atoms with van der Waals surface area (Å²) in [4.78, 5) is 8.48. The molecule has 32 heavy (non-hydrogen) atoms. The lowest BCUT2D eigenvalue weighted by Crippen LogP contribution is -2.38. The quantitative estimate of drug-likeness (QED) is 0.576. The summed E-state index contributed by atoms with van der Waals surface area (Å²) in [7, 11) is 0. The summed E-state index contributed by atoms with van der Waals surface area (Å²) < 4.78 is 12.8. The average Bonchev–Trinajstić information content (AvgIpc) is 3.55. The van der Waals surface area contributed by atoms with Crippen LogP contribution in [-0.2, 0) is 15.9 Å². The maximum atomic E-state index is 6.58. The Labute approximate surface area is 200 Å². The standard InChI is InChI=1S/C26H36N2O2S2/c1-2-11-28(17-23-20-7-13-31-25(20)6-12-29-23)15-19(5-1)22-18-30-24(16-27-9-3-4-10-27)21-8-14-32-26(21)22/h7-8,13-14,19,22-24H,1-6,9-12,15-18H2. The first-order valence-electron chi connectivity index (χ1n) is 12.7. The molecule has 4 aliphatic rings. The van der Waals surface area contributed by atoms with E-state index in [1.807, 2.05) is 22.7 Å². The van der Waals surface area contributed by atoms with Crippen LogP contribution < -0.4 is 0 Å². The van der Waals surface area contributed by atoms with Crippen LogP contribution in [0.3, 0.4) is 0 Å². The molecule has 0 N–H and O–H groups in total. The molecule has 6 heterocycles. The van der Waals surface area contributed by atoms with Gasteiger partial charge in [-0.25, -0.2) is 0 Å². The van der Waals surface area contributed by atoms with Crippen molar-refractivity contribution in [3.05, 3.63) is 43.8 Å². The van der Waals surface area contributed by atoms with Gasteiger partial charge in [-0.15, -0.1) is 22.7 Å². The SMILES string of the molecule is c1cc2c(s1)CCOC2CN1CCCCC(C2COC(CN3CCCC3)c3ccsc32)C1. The molecule has 6 heteroatoms. The molecule has 0 aromatic carbocycles. The van der Waals surface area contributed by atoms with Crippen LogP contribution in [0.4, 0.5) is 0 Å². The summed E-state index contributed by atoms with van der Waals surface area (Å²) in [5.74, 6) is 1.25. The van der Waals surface area contributed by atoms with E-state index in [4.69, 9.17) is 9.47 Å². The van der Waals surface area contributed by atoms with Crippen molar-refractivity contribution in [1.29, 1.82) is 0 Å². The van der Waals surface area contributed by atoms with Crippen molar-refractivity contribution >= 4 is 22.7 Å². The van der Waals surface area contributed by atoms with Gasteiger partial charge in [0.05, 0.1) is 25.4 Å². The summed E-state index contributed by atoms with van der Waals surface area (Å²) in [6.07, 6.45) is 8.29. The Hall–Kier alpha value is -0.760. The van der Waals surface area contributed by atoms with Gasteiger partial charge in [-0.2, -0.15) is 0 Å². The van der Waals surface area contributed by atoms with E-state index >= 15 is 0 Å². The van der Waals surface area contributed by atoms with Gasteiger partial charge < -0.3 is 19.3 Å². The molecule has 4 unspecified atom stereocenters. The Morgan fingerprint density at radius 2 is 1.59 bits per heavy atom. The Kier molecular flexibility index (Phi) is 6.69. The van der Waals surface area contributed by atoms with E-state index in [0.29, 0.717) is 11.8 Å². The minimum absolute atomic E-state index is 0.258.